The van der Waals surface area contributed by atoms with Gasteiger partial charge in [-0.15, -0.1) is 0 Å². The topological polar surface area (TPSA) is 15.3 Å². The van der Waals surface area contributed by atoms with Crippen molar-refractivity contribution in [3.63, 3.8) is 0 Å². The fraction of sp³-hybridized carbons (Fsp3) is 0.889. The van der Waals surface area contributed by atoms with E-state index in [0.717, 1.165) is 18.2 Å². The van der Waals surface area contributed by atoms with E-state index in [0.29, 0.717) is 6.04 Å². The highest BCUT2D eigenvalue weighted by Crippen LogP contribution is 2.08. The van der Waals surface area contributed by atoms with Crippen LogP contribution in [-0.4, -0.2) is 30.6 Å². The van der Waals surface area contributed by atoms with Gasteiger partial charge in [0.25, 0.3) is 0 Å². The molecule has 0 bridgehead atoms. The minimum Gasteiger partial charge on any atom is -0.386 e. The molecule has 0 saturated carbocycles. The van der Waals surface area contributed by atoms with E-state index in [-0.39, 0.29) is 0 Å². The van der Waals surface area contributed by atoms with Crippen molar-refractivity contribution in [2.45, 2.75) is 80.2 Å². The molecule has 1 aliphatic heterocycles. The molecule has 1 fully saturated rings. The molecular weight excluding hydrogens is 244 g/mol. The Labute approximate surface area is 129 Å². The number of hydrogen-bond donors (Lipinski definition) is 1. The molecule has 0 amide bonds. The van der Waals surface area contributed by atoms with Crippen LogP contribution in [0.2, 0.25) is 0 Å². The SMILES string of the molecule is C=C(CN1CCCC1)NC(C)C.CC.CCCC(C)C. The quantitative estimate of drug-likeness (QED) is 0.733. The van der Waals surface area contributed by atoms with Gasteiger partial charge >= 0.3 is 0 Å². The lowest BCUT2D eigenvalue weighted by molar-refractivity contribution is 0.357. The van der Waals surface area contributed by atoms with Gasteiger partial charge in [0.2, 0.25) is 0 Å². The normalized spacial score (nSPS) is 14.4. The lowest BCUT2D eigenvalue weighted by Gasteiger charge is -2.19. The largest absolute Gasteiger partial charge is 0.386 e. The summed E-state index contributed by atoms with van der Waals surface area (Å²) in [7, 11) is 0. The Bertz CT molecular complexity index is 203. The van der Waals surface area contributed by atoms with Crippen molar-refractivity contribution >= 4 is 0 Å². The standard InChI is InChI=1S/C10H20N2.C6H14.C2H6/c1-9(2)11-10(3)8-12-6-4-5-7-12;1-4-5-6(2)3;1-2/h9,11H,3-8H2,1-2H3;6H,4-5H2,1-3H3;1-2H3. The van der Waals surface area contributed by atoms with Crippen molar-refractivity contribution < 1.29 is 0 Å². The lowest BCUT2D eigenvalue weighted by Crippen LogP contribution is -2.30. The highest BCUT2D eigenvalue weighted by Gasteiger charge is 2.11. The van der Waals surface area contributed by atoms with E-state index < -0.39 is 0 Å². The Morgan fingerprint density at radius 1 is 1.10 bits per heavy atom. The molecule has 0 atom stereocenters. The van der Waals surface area contributed by atoms with Gasteiger partial charge in [-0.05, 0) is 45.7 Å². The number of nitrogens with zero attached hydrogens (tertiary/aromatic N) is 1. The molecule has 0 aromatic heterocycles. The van der Waals surface area contributed by atoms with E-state index in [4.69, 9.17) is 0 Å². The summed E-state index contributed by atoms with van der Waals surface area (Å²) in [5, 5.41) is 3.33. The number of hydrogen-bond acceptors (Lipinski definition) is 2. The molecule has 0 radical (unpaired) electrons. The van der Waals surface area contributed by atoms with E-state index in [1.54, 1.807) is 0 Å². The number of nitrogens with one attached hydrogen (secondary N) is 1. The molecule has 122 valence electrons. The van der Waals surface area contributed by atoms with Crippen LogP contribution < -0.4 is 5.32 Å². The van der Waals surface area contributed by atoms with Crippen molar-refractivity contribution in [1.29, 1.82) is 0 Å². The van der Waals surface area contributed by atoms with E-state index in [2.05, 4.69) is 51.4 Å². The first-order valence-corrected chi connectivity index (χ1v) is 8.62. The Morgan fingerprint density at radius 2 is 1.60 bits per heavy atom. The van der Waals surface area contributed by atoms with Gasteiger partial charge in [0, 0.05) is 18.3 Å². The molecule has 2 nitrogen and oxygen atoms in total. The molecule has 0 aliphatic carbocycles. The smallest absolute Gasteiger partial charge is 0.0375 e. The molecule has 20 heavy (non-hydrogen) atoms. The molecule has 2 heteroatoms. The summed E-state index contributed by atoms with van der Waals surface area (Å²) in [4.78, 5) is 2.46. The summed E-state index contributed by atoms with van der Waals surface area (Å²) in [5.74, 6) is 0.898. The zero-order chi connectivity index (χ0) is 16.0. The molecule has 0 aromatic rings. The van der Waals surface area contributed by atoms with E-state index in [1.807, 2.05) is 13.8 Å². The zero-order valence-electron chi connectivity index (χ0n) is 15.3. The van der Waals surface area contributed by atoms with Crippen LogP contribution in [0.15, 0.2) is 12.3 Å². The Hall–Kier alpha value is -0.500. The highest BCUT2D eigenvalue weighted by atomic mass is 15.2. The highest BCUT2D eigenvalue weighted by molar-refractivity contribution is 4.96. The predicted molar refractivity (Wildman–Crippen MR) is 94.2 cm³/mol. The summed E-state index contributed by atoms with van der Waals surface area (Å²) in [6, 6.07) is 0.514. The van der Waals surface area contributed by atoms with E-state index >= 15 is 0 Å². The average molecular weight is 285 g/mol. The maximum atomic E-state index is 4.01. The van der Waals surface area contributed by atoms with Gasteiger partial charge < -0.3 is 5.32 Å². The molecule has 1 rings (SSSR count). The van der Waals surface area contributed by atoms with Crippen molar-refractivity contribution in [2.24, 2.45) is 5.92 Å². The van der Waals surface area contributed by atoms with Crippen LogP contribution in [0.1, 0.15) is 74.1 Å². The third-order valence-electron chi connectivity index (χ3n) is 2.97. The van der Waals surface area contributed by atoms with Gasteiger partial charge in [-0.1, -0.05) is 54.0 Å². The first-order chi connectivity index (χ1) is 9.45. The number of likely N-dealkylation sites (tertiary alicyclic amines) is 1. The Kier molecular flexibility index (Phi) is 16.2. The molecule has 0 unspecified atom stereocenters. The van der Waals surface area contributed by atoms with Crippen LogP contribution in [0.25, 0.3) is 0 Å². The summed E-state index contributed by atoms with van der Waals surface area (Å²) in [5.41, 5.74) is 1.16. The van der Waals surface area contributed by atoms with Crippen molar-refractivity contribution in [1.82, 2.24) is 10.2 Å². The van der Waals surface area contributed by atoms with Crippen molar-refractivity contribution in [3.8, 4) is 0 Å². The van der Waals surface area contributed by atoms with Gasteiger partial charge in [0.05, 0.1) is 0 Å². The first-order valence-electron chi connectivity index (χ1n) is 8.62. The zero-order valence-corrected chi connectivity index (χ0v) is 15.3. The summed E-state index contributed by atoms with van der Waals surface area (Å²) in [6.07, 6.45) is 5.42. The maximum Gasteiger partial charge on any atom is 0.0375 e. The first kappa shape index (κ1) is 21.8. The van der Waals surface area contributed by atoms with Crippen molar-refractivity contribution in [3.05, 3.63) is 12.3 Å². The van der Waals surface area contributed by atoms with Crippen LogP contribution in [0.4, 0.5) is 0 Å². The second-order valence-corrected chi connectivity index (χ2v) is 6.07. The summed E-state index contributed by atoms with van der Waals surface area (Å²) in [6.45, 7) is 22.6. The molecule has 1 saturated heterocycles. The van der Waals surface area contributed by atoms with Crippen LogP contribution in [0, 0.1) is 5.92 Å². The van der Waals surface area contributed by atoms with E-state index in [1.165, 1.54) is 38.8 Å². The van der Waals surface area contributed by atoms with Crippen molar-refractivity contribution in [2.75, 3.05) is 19.6 Å². The molecule has 1 N–H and O–H groups in total. The fourth-order valence-electron chi connectivity index (χ4n) is 2.24. The Morgan fingerprint density at radius 3 is 1.90 bits per heavy atom. The minimum absolute atomic E-state index is 0.514. The summed E-state index contributed by atoms with van der Waals surface area (Å²) >= 11 is 0. The van der Waals surface area contributed by atoms with Gasteiger partial charge in [-0.2, -0.15) is 0 Å². The molecule has 0 aromatic carbocycles. The third kappa shape index (κ3) is 15.6. The molecule has 0 spiro atoms. The van der Waals surface area contributed by atoms with Gasteiger partial charge in [0.15, 0.2) is 0 Å². The summed E-state index contributed by atoms with van der Waals surface area (Å²) < 4.78 is 0. The van der Waals surface area contributed by atoms with Gasteiger partial charge in [-0.3, -0.25) is 4.90 Å². The average Bonchev–Trinajstić information content (AvgIpc) is 2.83. The monoisotopic (exact) mass is 284 g/mol. The second-order valence-electron chi connectivity index (χ2n) is 6.07. The molecule has 1 aliphatic rings. The van der Waals surface area contributed by atoms with Crippen LogP contribution in [-0.2, 0) is 0 Å². The predicted octanol–water partition coefficient (Wildman–Crippen LogP) is 5.06. The second kappa shape index (κ2) is 14.9. The third-order valence-corrected chi connectivity index (χ3v) is 2.97. The fourth-order valence-corrected chi connectivity index (χ4v) is 2.24. The minimum atomic E-state index is 0.514. The van der Waals surface area contributed by atoms with Crippen LogP contribution in [0.3, 0.4) is 0 Å². The lowest BCUT2D eigenvalue weighted by atomic mass is 10.1. The van der Waals surface area contributed by atoms with Crippen LogP contribution in [0.5, 0.6) is 0 Å². The van der Waals surface area contributed by atoms with E-state index in [9.17, 15) is 0 Å². The van der Waals surface area contributed by atoms with Gasteiger partial charge in [0.1, 0.15) is 0 Å². The maximum absolute atomic E-state index is 4.01. The number of rotatable bonds is 6. The molecule has 1 heterocycles. The Balaban J connectivity index is 0. The molecular formula is C18H40N2. The van der Waals surface area contributed by atoms with Gasteiger partial charge in [-0.25, -0.2) is 0 Å². The van der Waals surface area contributed by atoms with Crippen LogP contribution >= 0.6 is 0 Å².